The molecule has 2 amide bonds. The van der Waals surface area contributed by atoms with E-state index < -0.39 is 6.10 Å². The quantitative estimate of drug-likeness (QED) is 0.477. The van der Waals surface area contributed by atoms with Crippen LogP contribution in [0, 0.1) is 0 Å². The summed E-state index contributed by atoms with van der Waals surface area (Å²) in [6.07, 6.45) is 0.511. The minimum absolute atomic E-state index is 0.241. The highest BCUT2D eigenvalue weighted by molar-refractivity contribution is 6.04. The number of benzene rings is 3. The number of amides is 2. The van der Waals surface area contributed by atoms with Crippen LogP contribution in [-0.4, -0.2) is 38.2 Å². The van der Waals surface area contributed by atoms with Crippen molar-refractivity contribution in [2.24, 2.45) is 0 Å². The second-order valence-electron chi connectivity index (χ2n) is 7.13. The van der Waals surface area contributed by atoms with E-state index in [2.05, 4.69) is 10.6 Å². The third-order valence-corrected chi connectivity index (χ3v) is 4.92. The van der Waals surface area contributed by atoms with E-state index in [4.69, 9.17) is 9.47 Å². The Morgan fingerprint density at radius 2 is 1.71 bits per heavy atom. The summed E-state index contributed by atoms with van der Waals surface area (Å²) in [6, 6.07) is 20.6. The van der Waals surface area contributed by atoms with Crippen molar-refractivity contribution in [1.29, 1.82) is 0 Å². The van der Waals surface area contributed by atoms with Crippen LogP contribution >= 0.6 is 0 Å². The maximum Gasteiger partial charge on any atom is 0.265 e. The molecule has 0 aromatic heterocycles. The first-order valence-corrected chi connectivity index (χ1v) is 10.5. The average Bonchev–Trinajstić information content (AvgIpc) is 2.80. The molecule has 0 unspecified atom stereocenters. The van der Waals surface area contributed by atoms with Crippen molar-refractivity contribution in [3.05, 3.63) is 72.3 Å². The van der Waals surface area contributed by atoms with Crippen LogP contribution in [0.2, 0.25) is 0 Å². The van der Waals surface area contributed by atoms with Gasteiger partial charge in [-0.05, 0) is 36.4 Å². The van der Waals surface area contributed by atoms with Gasteiger partial charge >= 0.3 is 0 Å². The number of fused-ring (bicyclic) bond motifs is 1. The molecule has 6 heteroatoms. The van der Waals surface area contributed by atoms with Gasteiger partial charge in [-0.1, -0.05) is 55.5 Å². The summed E-state index contributed by atoms with van der Waals surface area (Å²) in [7, 11) is 1.62. The van der Waals surface area contributed by atoms with Gasteiger partial charge in [0.1, 0.15) is 5.75 Å². The van der Waals surface area contributed by atoms with Gasteiger partial charge in [0, 0.05) is 25.6 Å². The maximum atomic E-state index is 13.0. The van der Waals surface area contributed by atoms with E-state index in [1.54, 1.807) is 31.4 Å². The van der Waals surface area contributed by atoms with Gasteiger partial charge in [0.25, 0.3) is 11.8 Å². The van der Waals surface area contributed by atoms with Gasteiger partial charge in [0.15, 0.2) is 6.10 Å². The van der Waals surface area contributed by atoms with Gasteiger partial charge in [-0.15, -0.1) is 0 Å². The number of methoxy groups -OCH3 is 1. The summed E-state index contributed by atoms with van der Waals surface area (Å²) in [5.74, 6) is 0.120. The molecule has 3 aromatic carbocycles. The second-order valence-corrected chi connectivity index (χ2v) is 7.13. The second kappa shape index (κ2) is 11.1. The molecule has 0 aliphatic rings. The van der Waals surface area contributed by atoms with E-state index >= 15 is 0 Å². The van der Waals surface area contributed by atoms with Crippen LogP contribution in [-0.2, 0) is 9.53 Å². The number of ether oxygens (including phenoxy) is 2. The Balaban J connectivity index is 1.72. The predicted molar refractivity (Wildman–Crippen MR) is 123 cm³/mol. The van der Waals surface area contributed by atoms with E-state index in [-0.39, 0.29) is 11.8 Å². The molecule has 3 aromatic rings. The smallest absolute Gasteiger partial charge is 0.265 e. The summed E-state index contributed by atoms with van der Waals surface area (Å²) in [4.78, 5) is 25.5. The molecule has 0 aliphatic heterocycles. The highest BCUT2D eigenvalue weighted by Crippen LogP contribution is 2.27. The first-order chi connectivity index (χ1) is 15.1. The van der Waals surface area contributed by atoms with Crippen molar-refractivity contribution < 1.29 is 19.1 Å². The average molecular weight is 421 g/mol. The van der Waals surface area contributed by atoms with Crippen LogP contribution in [0.15, 0.2) is 66.7 Å². The van der Waals surface area contributed by atoms with Crippen molar-refractivity contribution in [2.45, 2.75) is 25.9 Å². The minimum atomic E-state index is -0.691. The maximum absolute atomic E-state index is 13.0. The number of para-hydroxylation sites is 1. The van der Waals surface area contributed by atoms with E-state index in [0.29, 0.717) is 43.0 Å². The zero-order valence-electron chi connectivity index (χ0n) is 17.9. The van der Waals surface area contributed by atoms with Crippen molar-refractivity contribution in [2.75, 3.05) is 25.6 Å². The molecular formula is C25H28N2O4. The van der Waals surface area contributed by atoms with Crippen LogP contribution in [0.1, 0.15) is 30.1 Å². The predicted octanol–water partition coefficient (Wildman–Crippen LogP) is 4.40. The van der Waals surface area contributed by atoms with Crippen LogP contribution < -0.4 is 15.4 Å². The van der Waals surface area contributed by atoms with Gasteiger partial charge in [-0.2, -0.15) is 0 Å². The summed E-state index contributed by atoms with van der Waals surface area (Å²) in [5.41, 5.74) is 0.866. The Morgan fingerprint density at radius 3 is 2.52 bits per heavy atom. The number of hydrogen-bond donors (Lipinski definition) is 2. The Morgan fingerprint density at radius 1 is 0.968 bits per heavy atom. The highest BCUT2D eigenvalue weighted by atomic mass is 16.5. The van der Waals surface area contributed by atoms with E-state index in [9.17, 15) is 9.59 Å². The molecule has 0 fully saturated rings. The number of carbonyl (C=O) groups excluding carboxylic acids is 2. The van der Waals surface area contributed by atoms with E-state index in [1.807, 2.05) is 49.4 Å². The number of rotatable bonds is 10. The zero-order chi connectivity index (χ0) is 22.1. The van der Waals surface area contributed by atoms with E-state index in [1.165, 1.54) is 0 Å². The first kappa shape index (κ1) is 22.3. The monoisotopic (exact) mass is 420 g/mol. The summed E-state index contributed by atoms with van der Waals surface area (Å²) in [5, 5.41) is 7.71. The number of carbonyl (C=O) groups is 2. The van der Waals surface area contributed by atoms with Crippen molar-refractivity contribution in [3.8, 4) is 5.75 Å². The zero-order valence-corrected chi connectivity index (χ0v) is 17.9. The van der Waals surface area contributed by atoms with E-state index in [0.717, 1.165) is 10.8 Å². The molecule has 1 atom stereocenters. The largest absolute Gasteiger partial charge is 0.480 e. The minimum Gasteiger partial charge on any atom is -0.480 e. The van der Waals surface area contributed by atoms with Crippen LogP contribution in [0.3, 0.4) is 0 Å². The first-order valence-electron chi connectivity index (χ1n) is 10.5. The highest BCUT2D eigenvalue weighted by Gasteiger charge is 2.21. The molecule has 0 saturated heterocycles. The lowest BCUT2D eigenvalue weighted by atomic mass is 10.1. The lowest BCUT2D eigenvalue weighted by Gasteiger charge is -2.19. The molecule has 2 N–H and O–H groups in total. The standard InChI is InChI=1S/C25H28N2O4/c1-3-22(31-23-15-8-11-18-10-4-5-12-19(18)23)25(29)27-21-14-7-6-13-20(21)24(28)26-16-9-17-30-2/h4-8,10-15,22H,3,9,16-17H2,1-2H3,(H,26,28)(H,27,29)/t22-/m1/s1. The normalized spacial score (nSPS) is 11.7. The van der Waals surface area contributed by atoms with Crippen molar-refractivity contribution >= 4 is 28.3 Å². The molecule has 0 aliphatic carbocycles. The molecular weight excluding hydrogens is 392 g/mol. The fourth-order valence-electron chi connectivity index (χ4n) is 3.29. The van der Waals surface area contributed by atoms with Gasteiger partial charge in [-0.3, -0.25) is 9.59 Å². The summed E-state index contributed by atoms with van der Waals surface area (Å²) < 4.78 is 11.1. The fraction of sp³-hybridized carbons (Fsp3) is 0.280. The van der Waals surface area contributed by atoms with Crippen LogP contribution in [0.4, 0.5) is 5.69 Å². The third kappa shape index (κ3) is 5.83. The van der Waals surface area contributed by atoms with Crippen molar-refractivity contribution in [1.82, 2.24) is 5.32 Å². The fourth-order valence-corrected chi connectivity index (χ4v) is 3.29. The molecule has 162 valence electrons. The van der Waals surface area contributed by atoms with Crippen molar-refractivity contribution in [3.63, 3.8) is 0 Å². The topological polar surface area (TPSA) is 76.7 Å². The number of hydrogen-bond acceptors (Lipinski definition) is 4. The molecule has 0 radical (unpaired) electrons. The SMILES string of the molecule is CC[C@@H](Oc1cccc2ccccc12)C(=O)Nc1ccccc1C(=O)NCCCOC. The van der Waals surface area contributed by atoms with Gasteiger partial charge in [-0.25, -0.2) is 0 Å². The molecule has 31 heavy (non-hydrogen) atoms. The Labute approximate surface area is 182 Å². The molecule has 0 bridgehead atoms. The third-order valence-electron chi connectivity index (χ3n) is 4.92. The van der Waals surface area contributed by atoms with Crippen LogP contribution in [0.5, 0.6) is 5.75 Å². The lowest BCUT2D eigenvalue weighted by Crippen LogP contribution is -2.33. The Kier molecular flexibility index (Phi) is 8.01. The molecule has 3 rings (SSSR count). The summed E-state index contributed by atoms with van der Waals surface area (Å²) in [6.45, 7) is 2.96. The van der Waals surface area contributed by atoms with Gasteiger partial charge in [0.2, 0.25) is 0 Å². The van der Waals surface area contributed by atoms with Gasteiger partial charge in [0.05, 0.1) is 11.3 Å². The molecule has 0 spiro atoms. The number of anilines is 1. The Bertz CT molecular complexity index is 1030. The summed E-state index contributed by atoms with van der Waals surface area (Å²) >= 11 is 0. The molecule has 0 saturated carbocycles. The van der Waals surface area contributed by atoms with Crippen LogP contribution in [0.25, 0.3) is 10.8 Å². The number of nitrogens with one attached hydrogen (secondary N) is 2. The van der Waals surface area contributed by atoms with Gasteiger partial charge < -0.3 is 20.1 Å². The Hall–Kier alpha value is -3.38. The molecule has 0 heterocycles. The molecule has 6 nitrogen and oxygen atoms in total. The lowest BCUT2D eigenvalue weighted by molar-refractivity contribution is -0.122.